The highest BCUT2D eigenvalue weighted by molar-refractivity contribution is 9.10. The lowest BCUT2D eigenvalue weighted by Gasteiger charge is -2.11. The van der Waals surface area contributed by atoms with Gasteiger partial charge in [0.1, 0.15) is 11.6 Å². The summed E-state index contributed by atoms with van der Waals surface area (Å²) in [7, 11) is 0. The van der Waals surface area contributed by atoms with Crippen LogP contribution in [0.1, 0.15) is 6.42 Å². The predicted molar refractivity (Wildman–Crippen MR) is 80.0 cm³/mol. The number of halogens is 2. The number of benzene rings is 1. The maximum Gasteiger partial charge on any atom is 0.148 e. The van der Waals surface area contributed by atoms with E-state index in [4.69, 9.17) is 0 Å². The largest absolute Gasteiger partial charge is 0.365 e. The van der Waals surface area contributed by atoms with Gasteiger partial charge in [-0.25, -0.2) is 4.39 Å². The monoisotopic (exact) mass is 336 g/mol. The third-order valence-corrected chi connectivity index (χ3v) is 3.77. The molecule has 0 saturated carbocycles. The molecule has 104 valence electrons. The highest BCUT2D eigenvalue weighted by atomic mass is 79.9. The molecule has 1 unspecified atom stereocenters. The van der Waals surface area contributed by atoms with E-state index in [1.54, 1.807) is 18.2 Å². The van der Waals surface area contributed by atoms with E-state index in [0.717, 1.165) is 29.8 Å². The average molecular weight is 337 g/mol. The Hall–Kier alpha value is -1.53. The molecule has 0 spiro atoms. The minimum atomic E-state index is -0.303. The van der Waals surface area contributed by atoms with E-state index >= 15 is 0 Å². The molecular weight excluding hydrogens is 323 g/mol. The van der Waals surface area contributed by atoms with Gasteiger partial charge in [-0.15, -0.1) is 10.2 Å². The van der Waals surface area contributed by atoms with Crippen LogP contribution in [-0.4, -0.2) is 29.3 Å². The summed E-state index contributed by atoms with van der Waals surface area (Å²) in [5, 5.41) is 14.8. The normalized spacial score (nSPS) is 18.2. The quantitative estimate of drug-likeness (QED) is 0.904. The van der Waals surface area contributed by atoms with E-state index in [2.05, 4.69) is 36.8 Å². The van der Waals surface area contributed by atoms with Crippen LogP contribution < -0.4 is 10.6 Å². The van der Waals surface area contributed by atoms with E-state index in [9.17, 15) is 4.39 Å². The van der Waals surface area contributed by atoms with Gasteiger partial charge in [-0.05, 0) is 43.3 Å². The lowest BCUT2D eigenvalue weighted by molar-refractivity contribution is 0.630. The van der Waals surface area contributed by atoms with Gasteiger partial charge in [-0.3, -0.25) is 0 Å². The molecule has 0 aliphatic carbocycles. The van der Waals surface area contributed by atoms with Crippen LogP contribution in [0, 0.1) is 5.82 Å². The Morgan fingerprint density at radius 3 is 2.85 bits per heavy atom. The van der Waals surface area contributed by atoms with E-state index in [1.807, 2.05) is 6.07 Å². The number of rotatable bonds is 3. The fraction of sp³-hybridized carbons (Fsp3) is 0.286. The molecule has 0 amide bonds. The summed E-state index contributed by atoms with van der Waals surface area (Å²) in [4.78, 5) is 0. The van der Waals surface area contributed by atoms with Crippen molar-refractivity contribution in [2.45, 2.75) is 12.5 Å². The summed E-state index contributed by atoms with van der Waals surface area (Å²) >= 11 is 3.33. The van der Waals surface area contributed by atoms with Gasteiger partial charge in [0.15, 0.2) is 0 Å². The van der Waals surface area contributed by atoms with Crippen molar-refractivity contribution >= 4 is 21.7 Å². The zero-order valence-electron chi connectivity index (χ0n) is 10.7. The zero-order chi connectivity index (χ0) is 13.9. The second-order valence-electron chi connectivity index (χ2n) is 4.76. The van der Waals surface area contributed by atoms with Crippen LogP contribution in [0.5, 0.6) is 0 Å². The van der Waals surface area contributed by atoms with Crippen LogP contribution >= 0.6 is 15.9 Å². The highest BCUT2D eigenvalue weighted by Crippen LogP contribution is 2.24. The Morgan fingerprint density at radius 1 is 1.25 bits per heavy atom. The van der Waals surface area contributed by atoms with Crippen molar-refractivity contribution < 1.29 is 4.39 Å². The molecule has 4 nitrogen and oxygen atoms in total. The van der Waals surface area contributed by atoms with Gasteiger partial charge in [0.05, 0.1) is 5.69 Å². The van der Waals surface area contributed by atoms with Crippen molar-refractivity contribution in [3.63, 3.8) is 0 Å². The molecule has 2 heterocycles. The van der Waals surface area contributed by atoms with E-state index in [0.29, 0.717) is 17.3 Å². The molecule has 6 heteroatoms. The molecule has 1 saturated heterocycles. The second-order valence-corrected chi connectivity index (χ2v) is 5.68. The molecule has 1 aromatic carbocycles. The summed E-state index contributed by atoms with van der Waals surface area (Å²) in [6.07, 6.45) is 1.07. The van der Waals surface area contributed by atoms with Crippen molar-refractivity contribution in [3.05, 3.63) is 40.6 Å². The van der Waals surface area contributed by atoms with Crippen molar-refractivity contribution in [2.75, 3.05) is 18.4 Å². The number of nitrogens with one attached hydrogen (secondary N) is 2. The first-order valence-electron chi connectivity index (χ1n) is 6.49. The summed E-state index contributed by atoms with van der Waals surface area (Å²) in [6.45, 7) is 1.95. The Bertz CT molecular complexity index is 597. The van der Waals surface area contributed by atoms with Gasteiger partial charge < -0.3 is 10.6 Å². The van der Waals surface area contributed by atoms with Crippen LogP contribution in [-0.2, 0) is 0 Å². The minimum Gasteiger partial charge on any atom is -0.365 e. The maximum absolute atomic E-state index is 13.8. The highest BCUT2D eigenvalue weighted by Gasteiger charge is 2.15. The predicted octanol–water partition coefficient (Wildman–Crippen LogP) is 2.82. The molecule has 3 rings (SSSR count). The number of anilines is 1. The molecule has 1 aromatic heterocycles. The van der Waals surface area contributed by atoms with Crippen molar-refractivity contribution in [1.82, 2.24) is 15.5 Å². The molecule has 1 aliphatic rings. The van der Waals surface area contributed by atoms with E-state index in [1.165, 1.54) is 6.07 Å². The molecule has 0 bridgehead atoms. The van der Waals surface area contributed by atoms with Gasteiger partial charge in [0.2, 0.25) is 0 Å². The number of aromatic nitrogens is 2. The summed E-state index contributed by atoms with van der Waals surface area (Å²) in [6, 6.07) is 8.78. The molecule has 0 radical (unpaired) electrons. The van der Waals surface area contributed by atoms with Crippen LogP contribution in [0.3, 0.4) is 0 Å². The first-order chi connectivity index (χ1) is 9.72. The first kappa shape index (κ1) is 13.5. The Morgan fingerprint density at radius 2 is 2.15 bits per heavy atom. The number of hydrogen-bond acceptors (Lipinski definition) is 4. The van der Waals surface area contributed by atoms with Crippen molar-refractivity contribution in [3.8, 4) is 11.3 Å². The van der Waals surface area contributed by atoms with Crippen LogP contribution in [0.2, 0.25) is 0 Å². The topological polar surface area (TPSA) is 49.8 Å². The van der Waals surface area contributed by atoms with Crippen molar-refractivity contribution in [2.24, 2.45) is 0 Å². The molecule has 1 aliphatic heterocycles. The maximum atomic E-state index is 13.8. The number of hydrogen-bond donors (Lipinski definition) is 2. The lowest BCUT2D eigenvalue weighted by atomic mass is 10.1. The minimum absolute atomic E-state index is 0.303. The van der Waals surface area contributed by atoms with Gasteiger partial charge in [0.25, 0.3) is 0 Å². The van der Waals surface area contributed by atoms with Gasteiger partial charge in [-0.1, -0.05) is 15.9 Å². The van der Waals surface area contributed by atoms with E-state index < -0.39 is 0 Å². The van der Waals surface area contributed by atoms with Gasteiger partial charge >= 0.3 is 0 Å². The van der Waals surface area contributed by atoms with Crippen LogP contribution in [0.25, 0.3) is 11.3 Å². The molecule has 2 N–H and O–H groups in total. The smallest absolute Gasteiger partial charge is 0.148 e. The molecule has 1 atom stereocenters. The van der Waals surface area contributed by atoms with Crippen LogP contribution in [0.4, 0.5) is 10.2 Å². The Labute approximate surface area is 124 Å². The SMILES string of the molecule is Fc1ccc(Br)cc1-c1ccc(NC2CCNC2)nn1. The fourth-order valence-electron chi connectivity index (χ4n) is 2.23. The first-order valence-corrected chi connectivity index (χ1v) is 7.28. The zero-order valence-corrected chi connectivity index (χ0v) is 12.3. The molecule has 2 aromatic rings. The molecule has 20 heavy (non-hydrogen) atoms. The standard InChI is InChI=1S/C14H14BrFN4/c15-9-1-2-12(16)11(7-9)13-3-4-14(20-19-13)18-10-5-6-17-8-10/h1-4,7,10,17H,5-6,8H2,(H,18,20). The average Bonchev–Trinajstić information content (AvgIpc) is 2.95. The fourth-order valence-corrected chi connectivity index (χ4v) is 2.59. The summed E-state index contributed by atoms with van der Waals surface area (Å²) in [5.74, 6) is 0.418. The Balaban J connectivity index is 1.79. The van der Waals surface area contributed by atoms with Crippen molar-refractivity contribution in [1.29, 1.82) is 0 Å². The number of nitrogens with zero attached hydrogens (tertiary/aromatic N) is 2. The third-order valence-electron chi connectivity index (χ3n) is 3.28. The summed E-state index contributed by atoms with van der Waals surface area (Å²) < 4.78 is 14.6. The van der Waals surface area contributed by atoms with E-state index in [-0.39, 0.29) is 5.82 Å². The molecular formula is C14H14BrFN4. The summed E-state index contributed by atoms with van der Waals surface area (Å²) in [5.41, 5.74) is 0.972. The Kier molecular flexibility index (Phi) is 3.93. The molecule has 1 fully saturated rings. The lowest BCUT2D eigenvalue weighted by Crippen LogP contribution is -2.22. The third kappa shape index (κ3) is 2.96. The van der Waals surface area contributed by atoms with Gasteiger partial charge in [0, 0.05) is 22.6 Å². The van der Waals surface area contributed by atoms with Gasteiger partial charge in [-0.2, -0.15) is 0 Å². The second kappa shape index (κ2) is 5.85. The van der Waals surface area contributed by atoms with Crippen LogP contribution in [0.15, 0.2) is 34.8 Å².